The molecule has 1 aromatic rings. The molecule has 0 bridgehead atoms. The molecule has 0 saturated carbocycles. The average molecular weight is 283 g/mol. The summed E-state index contributed by atoms with van der Waals surface area (Å²) in [6.07, 6.45) is 4.06. The topological polar surface area (TPSA) is 37.4 Å². The molecule has 1 atom stereocenters. The summed E-state index contributed by atoms with van der Waals surface area (Å²) in [4.78, 5) is 6.90. The number of nitrogens with one attached hydrogen (secondary N) is 1. The Morgan fingerprint density at radius 3 is 3.05 bits per heavy atom. The molecular weight excluding hydrogens is 258 g/mol. The molecule has 1 aromatic heterocycles. The van der Waals surface area contributed by atoms with Gasteiger partial charge in [-0.1, -0.05) is 13.8 Å². The van der Waals surface area contributed by atoms with E-state index in [2.05, 4.69) is 41.5 Å². The molecule has 1 aliphatic heterocycles. The molecule has 2 rings (SSSR count). The third-order valence-corrected chi connectivity index (χ3v) is 4.31. The van der Waals surface area contributed by atoms with Crippen molar-refractivity contribution >= 4 is 16.5 Å². The number of thiazole rings is 1. The summed E-state index contributed by atoms with van der Waals surface area (Å²) in [5.74, 6) is 0. The van der Waals surface area contributed by atoms with E-state index in [0.717, 1.165) is 30.5 Å². The van der Waals surface area contributed by atoms with E-state index in [0.29, 0.717) is 12.1 Å². The summed E-state index contributed by atoms with van der Waals surface area (Å²) in [7, 11) is 2.11. The van der Waals surface area contributed by atoms with Gasteiger partial charge >= 0.3 is 0 Å². The van der Waals surface area contributed by atoms with Gasteiger partial charge in [-0.3, -0.25) is 0 Å². The largest absolute Gasteiger partial charge is 0.376 e. The Bertz CT molecular complexity index is 375. The van der Waals surface area contributed by atoms with Crippen molar-refractivity contribution in [3.05, 3.63) is 11.1 Å². The van der Waals surface area contributed by atoms with Gasteiger partial charge in [-0.25, -0.2) is 4.98 Å². The van der Waals surface area contributed by atoms with Crippen LogP contribution in [0.2, 0.25) is 0 Å². The van der Waals surface area contributed by atoms with Crippen molar-refractivity contribution < 1.29 is 4.74 Å². The molecule has 108 valence electrons. The van der Waals surface area contributed by atoms with E-state index in [1.807, 2.05) is 0 Å². The number of hydrogen-bond acceptors (Lipinski definition) is 5. The van der Waals surface area contributed by atoms with Crippen LogP contribution in [-0.4, -0.2) is 37.3 Å². The van der Waals surface area contributed by atoms with E-state index >= 15 is 0 Å². The quantitative estimate of drug-likeness (QED) is 0.871. The molecule has 0 aromatic carbocycles. The van der Waals surface area contributed by atoms with Crippen LogP contribution in [-0.2, 0) is 11.3 Å². The number of ether oxygens (including phenoxy) is 1. The number of likely N-dealkylation sites (N-methyl/N-ethyl adjacent to an activating group) is 1. The summed E-state index contributed by atoms with van der Waals surface area (Å²) in [6, 6.07) is 0.499. The van der Waals surface area contributed by atoms with Crippen LogP contribution in [0.4, 0.5) is 5.13 Å². The molecule has 0 radical (unpaired) electrons. The van der Waals surface area contributed by atoms with Crippen molar-refractivity contribution in [3.63, 3.8) is 0 Å². The zero-order valence-corrected chi connectivity index (χ0v) is 13.0. The van der Waals surface area contributed by atoms with E-state index in [1.165, 1.54) is 19.3 Å². The molecule has 1 fully saturated rings. The van der Waals surface area contributed by atoms with Crippen molar-refractivity contribution in [2.45, 2.75) is 51.8 Å². The standard InChI is InChI=1S/C14H25N3OS/c1-11(2)15-8-12-10-19-14(16-12)17(3)9-13-6-4-5-7-18-13/h10-11,13,15H,4-9H2,1-3H3. The lowest BCUT2D eigenvalue weighted by Gasteiger charge is -2.27. The normalized spacial score (nSPS) is 19.9. The van der Waals surface area contributed by atoms with Gasteiger partial charge in [0.05, 0.1) is 11.8 Å². The highest BCUT2D eigenvalue weighted by Crippen LogP contribution is 2.21. The van der Waals surface area contributed by atoms with E-state index in [4.69, 9.17) is 4.74 Å². The van der Waals surface area contributed by atoms with Gasteiger partial charge in [-0.2, -0.15) is 0 Å². The van der Waals surface area contributed by atoms with E-state index in [-0.39, 0.29) is 0 Å². The first-order valence-corrected chi connectivity index (χ1v) is 8.03. The maximum Gasteiger partial charge on any atom is 0.185 e. The highest BCUT2D eigenvalue weighted by molar-refractivity contribution is 7.13. The molecule has 1 N–H and O–H groups in total. The number of nitrogens with zero attached hydrogens (tertiary/aromatic N) is 2. The highest BCUT2D eigenvalue weighted by atomic mass is 32.1. The number of anilines is 1. The molecule has 1 unspecified atom stereocenters. The molecule has 4 nitrogen and oxygen atoms in total. The van der Waals surface area contributed by atoms with Crippen molar-refractivity contribution in [2.75, 3.05) is 25.1 Å². The summed E-state index contributed by atoms with van der Waals surface area (Å²) in [6.45, 7) is 7.02. The number of hydrogen-bond donors (Lipinski definition) is 1. The molecule has 2 heterocycles. The Morgan fingerprint density at radius 1 is 1.53 bits per heavy atom. The Kier molecular flexibility index (Phi) is 5.60. The second-order valence-electron chi connectivity index (χ2n) is 5.53. The summed E-state index contributed by atoms with van der Waals surface area (Å²) in [5, 5.41) is 6.63. The van der Waals surface area contributed by atoms with Gasteiger partial charge < -0.3 is 15.0 Å². The Hall–Kier alpha value is -0.650. The Labute approximate surface area is 120 Å². The first kappa shape index (κ1) is 14.8. The molecule has 0 amide bonds. The number of aromatic nitrogens is 1. The first-order chi connectivity index (χ1) is 9.15. The molecule has 1 aliphatic rings. The van der Waals surface area contributed by atoms with E-state index in [9.17, 15) is 0 Å². The molecule has 0 spiro atoms. The van der Waals surface area contributed by atoms with Crippen LogP contribution in [0, 0.1) is 0 Å². The fourth-order valence-corrected chi connectivity index (χ4v) is 3.00. The minimum Gasteiger partial charge on any atom is -0.376 e. The fraction of sp³-hybridized carbons (Fsp3) is 0.786. The lowest BCUT2D eigenvalue weighted by molar-refractivity contribution is 0.0216. The van der Waals surface area contributed by atoms with Gasteiger partial charge in [0.2, 0.25) is 0 Å². The van der Waals surface area contributed by atoms with E-state index in [1.54, 1.807) is 11.3 Å². The highest BCUT2D eigenvalue weighted by Gasteiger charge is 2.17. The molecule has 19 heavy (non-hydrogen) atoms. The maximum absolute atomic E-state index is 5.78. The van der Waals surface area contributed by atoms with Gasteiger partial charge in [0.15, 0.2) is 5.13 Å². The molecule has 0 aliphatic carbocycles. The summed E-state index contributed by atoms with van der Waals surface area (Å²) >= 11 is 1.72. The van der Waals surface area contributed by atoms with Gasteiger partial charge in [0, 0.05) is 38.2 Å². The predicted octanol–water partition coefficient (Wildman–Crippen LogP) is 2.65. The van der Waals surface area contributed by atoms with Gasteiger partial charge in [0.25, 0.3) is 0 Å². The zero-order chi connectivity index (χ0) is 13.7. The fourth-order valence-electron chi connectivity index (χ4n) is 2.20. The minimum absolute atomic E-state index is 0.375. The Morgan fingerprint density at radius 2 is 2.37 bits per heavy atom. The third kappa shape index (κ3) is 4.75. The Balaban J connectivity index is 1.82. The summed E-state index contributed by atoms with van der Waals surface area (Å²) < 4.78 is 5.78. The van der Waals surface area contributed by atoms with Crippen LogP contribution in [0.3, 0.4) is 0 Å². The van der Waals surface area contributed by atoms with Gasteiger partial charge in [-0.05, 0) is 19.3 Å². The monoisotopic (exact) mass is 283 g/mol. The van der Waals surface area contributed by atoms with Crippen LogP contribution in [0.1, 0.15) is 38.8 Å². The van der Waals surface area contributed by atoms with Crippen molar-refractivity contribution in [1.29, 1.82) is 0 Å². The van der Waals surface area contributed by atoms with Gasteiger partial charge in [0.1, 0.15) is 0 Å². The predicted molar refractivity (Wildman–Crippen MR) is 81.0 cm³/mol. The molecule has 1 saturated heterocycles. The van der Waals surface area contributed by atoms with E-state index < -0.39 is 0 Å². The van der Waals surface area contributed by atoms with Crippen LogP contribution in [0.5, 0.6) is 0 Å². The first-order valence-electron chi connectivity index (χ1n) is 7.15. The van der Waals surface area contributed by atoms with Crippen LogP contribution >= 0.6 is 11.3 Å². The third-order valence-electron chi connectivity index (χ3n) is 3.31. The SMILES string of the molecule is CC(C)NCc1csc(N(C)CC2CCCCO2)n1. The van der Waals surface area contributed by atoms with Crippen molar-refractivity contribution in [3.8, 4) is 0 Å². The second-order valence-corrected chi connectivity index (χ2v) is 6.36. The van der Waals surface area contributed by atoms with Crippen LogP contribution in [0.25, 0.3) is 0 Å². The molecule has 5 heteroatoms. The minimum atomic E-state index is 0.375. The van der Waals surface area contributed by atoms with Crippen LogP contribution < -0.4 is 10.2 Å². The zero-order valence-electron chi connectivity index (χ0n) is 12.2. The van der Waals surface area contributed by atoms with Gasteiger partial charge in [-0.15, -0.1) is 11.3 Å². The number of rotatable bonds is 6. The average Bonchev–Trinajstić information content (AvgIpc) is 2.86. The van der Waals surface area contributed by atoms with Crippen LogP contribution in [0.15, 0.2) is 5.38 Å². The summed E-state index contributed by atoms with van der Waals surface area (Å²) in [5.41, 5.74) is 1.13. The lowest BCUT2D eigenvalue weighted by atomic mass is 10.1. The van der Waals surface area contributed by atoms with Crippen molar-refractivity contribution in [1.82, 2.24) is 10.3 Å². The molecular formula is C14H25N3OS. The van der Waals surface area contributed by atoms with Crippen molar-refractivity contribution in [2.24, 2.45) is 0 Å². The second kappa shape index (κ2) is 7.22. The maximum atomic E-state index is 5.78. The lowest BCUT2D eigenvalue weighted by Crippen LogP contribution is -2.33. The smallest absolute Gasteiger partial charge is 0.185 e.